The van der Waals surface area contributed by atoms with Gasteiger partial charge in [0.25, 0.3) is 0 Å². The van der Waals surface area contributed by atoms with Crippen molar-refractivity contribution in [1.82, 2.24) is 9.97 Å². The minimum atomic E-state index is 0.204. The summed E-state index contributed by atoms with van der Waals surface area (Å²) in [6.45, 7) is 3.61. The third-order valence-corrected chi connectivity index (χ3v) is 2.00. The van der Waals surface area contributed by atoms with E-state index in [1.165, 1.54) is 0 Å². The Morgan fingerprint density at radius 3 is 3.31 bits per heavy atom. The fourth-order valence-electron chi connectivity index (χ4n) is 1.18. The highest BCUT2D eigenvalue weighted by Gasteiger charge is 2.23. The number of hydrogen-bond acceptors (Lipinski definition) is 3. The van der Waals surface area contributed by atoms with Crippen molar-refractivity contribution in [2.45, 2.75) is 25.6 Å². The van der Waals surface area contributed by atoms with Gasteiger partial charge < -0.3 is 14.5 Å². The number of aromatic nitrogens is 2. The molecule has 1 saturated heterocycles. The van der Waals surface area contributed by atoms with Gasteiger partial charge in [-0.15, -0.1) is 0 Å². The van der Waals surface area contributed by atoms with Crippen LogP contribution in [-0.2, 0) is 15.9 Å². The zero-order valence-electron chi connectivity index (χ0n) is 7.69. The molecule has 4 heteroatoms. The molecule has 0 radical (unpaired) electrons. The molecule has 0 aliphatic carbocycles. The van der Waals surface area contributed by atoms with Gasteiger partial charge in [-0.2, -0.15) is 0 Å². The molecule has 0 bridgehead atoms. The molecule has 0 spiro atoms. The number of H-pyrrole nitrogens is 1. The van der Waals surface area contributed by atoms with Crippen LogP contribution in [-0.4, -0.2) is 35.4 Å². The molecule has 1 aliphatic heterocycles. The van der Waals surface area contributed by atoms with Gasteiger partial charge in [-0.1, -0.05) is 0 Å². The van der Waals surface area contributed by atoms with E-state index in [0.29, 0.717) is 12.7 Å². The molecule has 2 rings (SSSR count). The molecule has 1 aromatic rings. The average Bonchev–Trinajstić information content (AvgIpc) is 2.82. The molecule has 2 atom stereocenters. The van der Waals surface area contributed by atoms with Crippen molar-refractivity contribution in [3.8, 4) is 0 Å². The van der Waals surface area contributed by atoms with Gasteiger partial charge in [-0.05, 0) is 6.92 Å². The third-order valence-electron chi connectivity index (χ3n) is 2.00. The number of ether oxygens (including phenoxy) is 2. The van der Waals surface area contributed by atoms with Crippen LogP contribution in [0.5, 0.6) is 0 Å². The molecular weight excluding hydrogens is 168 g/mol. The predicted octanol–water partition coefficient (Wildman–Crippen LogP) is 0.756. The number of rotatable bonds is 5. The third kappa shape index (κ3) is 2.82. The van der Waals surface area contributed by atoms with Crippen LogP contribution >= 0.6 is 0 Å². The largest absolute Gasteiger partial charge is 0.375 e. The van der Waals surface area contributed by atoms with Gasteiger partial charge in [0.05, 0.1) is 19.3 Å². The van der Waals surface area contributed by atoms with Crippen molar-refractivity contribution < 1.29 is 9.47 Å². The molecule has 1 N–H and O–H groups in total. The van der Waals surface area contributed by atoms with Gasteiger partial charge in [0.15, 0.2) is 0 Å². The SMILES string of the molecule is CC(Cc1ncc[nH]1)OCC1CO1. The smallest absolute Gasteiger partial charge is 0.108 e. The maximum Gasteiger partial charge on any atom is 0.108 e. The number of nitrogens with one attached hydrogen (secondary N) is 1. The quantitative estimate of drug-likeness (QED) is 0.684. The number of nitrogens with zero attached hydrogens (tertiary/aromatic N) is 1. The molecule has 0 aromatic carbocycles. The van der Waals surface area contributed by atoms with Crippen LogP contribution in [0, 0.1) is 0 Å². The molecule has 1 fully saturated rings. The summed E-state index contributed by atoms with van der Waals surface area (Å²) in [5.41, 5.74) is 0. The van der Waals surface area contributed by atoms with Crippen LogP contribution < -0.4 is 0 Å². The Hall–Kier alpha value is -0.870. The number of epoxide rings is 1. The standard InChI is InChI=1S/C9H14N2O2/c1-7(12-5-8-6-13-8)4-9-10-2-3-11-9/h2-3,7-8H,4-6H2,1H3,(H,10,11). The second kappa shape index (κ2) is 3.89. The molecule has 0 saturated carbocycles. The Labute approximate surface area is 77.3 Å². The molecular formula is C9H14N2O2. The average molecular weight is 182 g/mol. The van der Waals surface area contributed by atoms with Gasteiger partial charge in [-0.25, -0.2) is 4.98 Å². The molecule has 72 valence electrons. The van der Waals surface area contributed by atoms with Crippen LogP contribution in [0.1, 0.15) is 12.7 Å². The van der Waals surface area contributed by atoms with E-state index in [2.05, 4.69) is 9.97 Å². The minimum absolute atomic E-state index is 0.204. The second-order valence-electron chi connectivity index (χ2n) is 3.34. The molecule has 1 aliphatic rings. The first-order valence-electron chi connectivity index (χ1n) is 4.56. The van der Waals surface area contributed by atoms with Crippen molar-refractivity contribution in [1.29, 1.82) is 0 Å². The van der Waals surface area contributed by atoms with Crippen molar-refractivity contribution in [2.75, 3.05) is 13.2 Å². The van der Waals surface area contributed by atoms with E-state index in [1.54, 1.807) is 6.20 Å². The summed E-state index contributed by atoms with van der Waals surface area (Å²) >= 11 is 0. The number of imidazole rings is 1. The lowest BCUT2D eigenvalue weighted by atomic mass is 10.3. The van der Waals surface area contributed by atoms with Gasteiger partial charge in [0, 0.05) is 18.8 Å². The Morgan fingerprint density at radius 1 is 1.85 bits per heavy atom. The van der Waals surface area contributed by atoms with E-state index in [4.69, 9.17) is 9.47 Å². The van der Waals surface area contributed by atoms with Gasteiger partial charge in [-0.3, -0.25) is 0 Å². The first-order valence-corrected chi connectivity index (χ1v) is 4.56. The number of hydrogen-bond donors (Lipinski definition) is 1. The molecule has 13 heavy (non-hydrogen) atoms. The van der Waals surface area contributed by atoms with Crippen LogP contribution in [0.15, 0.2) is 12.4 Å². The van der Waals surface area contributed by atoms with Gasteiger partial charge in [0.2, 0.25) is 0 Å². The Kier molecular flexibility index (Phi) is 2.61. The predicted molar refractivity (Wildman–Crippen MR) is 47.4 cm³/mol. The maximum absolute atomic E-state index is 5.55. The maximum atomic E-state index is 5.55. The van der Waals surface area contributed by atoms with Crippen LogP contribution in [0.2, 0.25) is 0 Å². The monoisotopic (exact) mass is 182 g/mol. The fraction of sp³-hybridized carbons (Fsp3) is 0.667. The normalized spacial score (nSPS) is 23.0. The van der Waals surface area contributed by atoms with Crippen LogP contribution in [0.3, 0.4) is 0 Å². The van der Waals surface area contributed by atoms with Crippen molar-refractivity contribution in [3.05, 3.63) is 18.2 Å². The highest BCUT2D eigenvalue weighted by atomic mass is 16.6. The zero-order chi connectivity index (χ0) is 9.10. The fourth-order valence-corrected chi connectivity index (χ4v) is 1.18. The van der Waals surface area contributed by atoms with Gasteiger partial charge in [0.1, 0.15) is 11.9 Å². The number of aromatic amines is 1. The lowest BCUT2D eigenvalue weighted by Crippen LogP contribution is -2.15. The summed E-state index contributed by atoms with van der Waals surface area (Å²) in [6.07, 6.45) is 4.96. The Morgan fingerprint density at radius 2 is 2.69 bits per heavy atom. The summed E-state index contributed by atoms with van der Waals surface area (Å²) < 4.78 is 10.6. The topological polar surface area (TPSA) is 50.4 Å². The van der Waals surface area contributed by atoms with Crippen LogP contribution in [0.25, 0.3) is 0 Å². The minimum Gasteiger partial charge on any atom is -0.375 e. The second-order valence-corrected chi connectivity index (χ2v) is 3.34. The van der Waals surface area contributed by atoms with Gasteiger partial charge >= 0.3 is 0 Å². The van der Waals surface area contributed by atoms with E-state index in [-0.39, 0.29) is 6.10 Å². The Bertz CT molecular complexity index is 244. The summed E-state index contributed by atoms with van der Waals surface area (Å²) in [6, 6.07) is 0. The highest BCUT2D eigenvalue weighted by Crippen LogP contribution is 2.10. The van der Waals surface area contributed by atoms with E-state index in [1.807, 2.05) is 13.1 Å². The summed E-state index contributed by atoms with van der Waals surface area (Å²) in [5, 5.41) is 0. The van der Waals surface area contributed by atoms with Crippen molar-refractivity contribution in [3.63, 3.8) is 0 Å². The molecule has 1 aromatic heterocycles. The summed E-state index contributed by atoms with van der Waals surface area (Å²) in [7, 11) is 0. The van der Waals surface area contributed by atoms with E-state index < -0.39 is 0 Å². The molecule has 2 unspecified atom stereocenters. The lowest BCUT2D eigenvalue weighted by Gasteiger charge is -2.09. The highest BCUT2D eigenvalue weighted by molar-refractivity contribution is 4.88. The van der Waals surface area contributed by atoms with E-state index in [0.717, 1.165) is 18.9 Å². The first kappa shape index (κ1) is 8.72. The molecule has 4 nitrogen and oxygen atoms in total. The lowest BCUT2D eigenvalue weighted by molar-refractivity contribution is 0.0537. The van der Waals surface area contributed by atoms with E-state index >= 15 is 0 Å². The molecule has 2 heterocycles. The first-order chi connectivity index (χ1) is 6.34. The van der Waals surface area contributed by atoms with Crippen LogP contribution in [0.4, 0.5) is 0 Å². The van der Waals surface area contributed by atoms with E-state index in [9.17, 15) is 0 Å². The molecule has 0 amide bonds. The van der Waals surface area contributed by atoms with Crippen molar-refractivity contribution in [2.24, 2.45) is 0 Å². The summed E-state index contributed by atoms with van der Waals surface area (Å²) in [5.74, 6) is 0.976. The zero-order valence-corrected chi connectivity index (χ0v) is 7.69. The summed E-state index contributed by atoms with van der Waals surface area (Å²) in [4.78, 5) is 7.18. The van der Waals surface area contributed by atoms with Crippen molar-refractivity contribution >= 4 is 0 Å². The Balaban J connectivity index is 1.68.